The largest absolute Gasteiger partial charge is 0.392 e. The molecule has 2 unspecified atom stereocenters. The number of aliphatic hydroxyl groups excluding tert-OH is 1. The molecule has 4 heteroatoms. The summed E-state index contributed by atoms with van der Waals surface area (Å²) in [6, 6.07) is 2.08. The van der Waals surface area contributed by atoms with Gasteiger partial charge in [-0.15, -0.1) is 0 Å². The third-order valence-corrected chi connectivity index (χ3v) is 3.60. The number of hydrogen-bond acceptors (Lipinski definition) is 3. The summed E-state index contributed by atoms with van der Waals surface area (Å²) >= 11 is 3.42. The highest BCUT2D eigenvalue weighted by Gasteiger charge is 2.23. The fourth-order valence-electron chi connectivity index (χ4n) is 2.06. The lowest BCUT2D eigenvalue weighted by molar-refractivity contribution is 0.0259. The molecule has 1 saturated heterocycles. The lowest BCUT2D eigenvalue weighted by atomic mass is 9.96. The molecular weight excluding hydrogens is 268 g/mol. The molecule has 0 aliphatic carbocycles. The molecular formula is C12H17BrN2O. The number of likely N-dealkylation sites (tertiary alicyclic amines) is 1. The van der Waals surface area contributed by atoms with Crippen LogP contribution in [-0.4, -0.2) is 34.2 Å². The van der Waals surface area contributed by atoms with Crippen LogP contribution < -0.4 is 0 Å². The smallest absolute Gasteiger partial charge is 0.0693 e. The summed E-state index contributed by atoms with van der Waals surface area (Å²) in [4.78, 5) is 6.43. The van der Waals surface area contributed by atoms with Gasteiger partial charge in [-0.3, -0.25) is 9.88 Å². The molecule has 16 heavy (non-hydrogen) atoms. The predicted molar refractivity (Wildman–Crippen MR) is 67.0 cm³/mol. The van der Waals surface area contributed by atoms with Gasteiger partial charge in [-0.25, -0.2) is 0 Å². The molecule has 1 aromatic heterocycles. The number of piperidine rings is 1. The van der Waals surface area contributed by atoms with Gasteiger partial charge in [-0.1, -0.05) is 6.92 Å². The summed E-state index contributed by atoms with van der Waals surface area (Å²) in [6.45, 7) is 4.82. The second-order valence-electron chi connectivity index (χ2n) is 4.58. The van der Waals surface area contributed by atoms with Crippen LogP contribution in [0.4, 0.5) is 0 Å². The van der Waals surface area contributed by atoms with Gasteiger partial charge in [0.2, 0.25) is 0 Å². The van der Waals surface area contributed by atoms with Crippen molar-refractivity contribution in [2.24, 2.45) is 5.92 Å². The van der Waals surface area contributed by atoms with E-state index in [0.717, 1.165) is 30.5 Å². The summed E-state index contributed by atoms with van der Waals surface area (Å²) in [5.74, 6) is 0.428. The molecule has 1 fully saturated rings. The van der Waals surface area contributed by atoms with E-state index in [9.17, 15) is 5.11 Å². The Morgan fingerprint density at radius 3 is 3.06 bits per heavy atom. The molecule has 3 nitrogen and oxygen atoms in total. The Morgan fingerprint density at radius 2 is 2.38 bits per heavy atom. The van der Waals surface area contributed by atoms with Crippen molar-refractivity contribution in [2.45, 2.75) is 26.0 Å². The number of halogens is 1. The van der Waals surface area contributed by atoms with Crippen LogP contribution in [0, 0.1) is 5.92 Å². The van der Waals surface area contributed by atoms with Gasteiger partial charge in [0, 0.05) is 30.0 Å². The minimum atomic E-state index is -0.186. The van der Waals surface area contributed by atoms with Crippen LogP contribution in [0.15, 0.2) is 22.9 Å². The number of rotatable bonds is 2. The first-order chi connectivity index (χ1) is 7.65. The van der Waals surface area contributed by atoms with E-state index in [4.69, 9.17) is 0 Å². The number of nitrogens with zero attached hydrogens (tertiary/aromatic N) is 2. The summed E-state index contributed by atoms with van der Waals surface area (Å²) < 4.78 is 1.01. The maximum absolute atomic E-state index is 9.81. The van der Waals surface area contributed by atoms with Gasteiger partial charge in [0.1, 0.15) is 0 Å². The SMILES string of the molecule is CC1CCN(Cc2cncc(Br)c2)CC1O. The number of hydrogen-bond donors (Lipinski definition) is 1. The van der Waals surface area contributed by atoms with Gasteiger partial charge in [-0.05, 0) is 46.4 Å². The van der Waals surface area contributed by atoms with E-state index in [2.05, 4.69) is 38.8 Å². The van der Waals surface area contributed by atoms with Crippen molar-refractivity contribution < 1.29 is 5.11 Å². The van der Waals surface area contributed by atoms with Crippen molar-refractivity contribution in [3.05, 3.63) is 28.5 Å². The van der Waals surface area contributed by atoms with E-state index >= 15 is 0 Å². The molecule has 0 spiro atoms. The molecule has 0 bridgehead atoms. The monoisotopic (exact) mass is 284 g/mol. The van der Waals surface area contributed by atoms with Crippen molar-refractivity contribution in [1.29, 1.82) is 0 Å². The predicted octanol–water partition coefficient (Wildman–Crippen LogP) is 2.05. The molecule has 1 N–H and O–H groups in total. The van der Waals surface area contributed by atoms with E-state index < -0.39 is 0 Å². The Bertz CT molecular complexity index is 359. The first-order valence-corrected chi connectivity index (χ1v) is 6.44. The topological polar surface area (TPSA) is 36.4 Å². The Balaban J connectivity index is 1.95. The quantitative estimate of drug-likeness (QED) is 0.903. The van der Waals surface area contributed by atoms with Gasteiger partial charge >= 0.3 is 0 Å². The highest BCUT2D eigenvalue weighted by atomic mass is 79.9. The Kier molecular flexibility index (Phi) is 3.95. The van der Waals surface area contributed by atoms with Crippen LogP contribution in [0.1, 0.15) is 18.9 Å². The standard InChI is InChI=1S/C12H17BrN2O/c1-9-2-3-15(8-12(9)16)7-10-4-11(13)6-14-5-10/h4-6,9,12,16H,2-3,7-8H2,1H3. The van der Waals surface area contributed by atoms with Gasteiger partial charge in [0.15, 0.2) is 0 Å². The molecule has 2 atom stereocenters. The lowest BCUT2D eigenvalue weighted by Crippen LogP contribution is -2.42. The van der Waals surface area contributed by atoms with Crippen molar-refractivity contribution in [1.82, 2.24) is 9.88 Å². The molecule has 1 aromatic rings. The van der Waals surface area contributed by atoms with E-state index in [1.165, 1.54) is 5.56 Å². The number of β-amino-alcohol motifs (C(OH)–C–C–N with tert-alkyl or cyclic N) is 1. The summed E-state index contributed by atoms with van der Waals surface area (Å²) in [6.07, 6.45) is 4.56. The molecule has 2 heterocycles. The average molecular weight is 285 g/mol. The van der Waals surface area contributed by atoms with Crippen molar-refractivity contribution in [3.8, 4) is 0 Å². The van der Waals surface area contributed by atoms with Crippen LogP contribution in [0.3, 0.4) is 0 Å². The lowest BCUT2D eigenvalue weighted by Gasteiger charge is -2.34. The zero-order valence-electron chi connectivity index (χ0n) is 9.43. The molecule has 88 valence electrons. The molecule has 2 rings (SSSR count). The zero-order valence-corrected chi connectivity index (χ0v) is 11.0. The van der Waals surface area contributed by atoms with Crippen LogP contribution in [0.5, 0.6) is 0 Å². The normalized spacial score (nSPS) is 26.9. The van der Waals surface area contributed by atoms with E-state index in [1.54, 1.807) is 6.20 Å². The first kappa shape index (κ1) is 12.0. The summed E-state index contributed by atoms with van der Waals surface area (Å²) in [7, 11) is 0. The number of aromatic nitrogens is 1. The van der Waals surface area contributed by atoms with Crippen LogP contribution >= 0.6 is 15.9 Å². The minimum Gasteiger partial charge on any atom is -0.392 e. The highest BCUT2D eigenvalue weighted by Crippen LogP contribution is 2.19. The highest BCUT2D eigenvalue weighted by molar-refractivity contribution is 9.10. The second kappa shape index (κ2) is 5.25. The Hall–Kier alpha value is -0.450. The zero-order chi connectivity index (χ0) is 11.5. The van der Waals surface area contributed by atoms with E-state index in [0.29, 0.717) is 5.92 Å². The summed E-state index contributed by atoms with van der Waals surface area (Å²) in [5.41, 5.74) is 1.19. The molecule has 0 amide bonds. The number of aliphatic hydroxyl groups is 1. The molecule has 1 aliphatic heterocycles. The maximum Gasteiger partial charge on any atom is 0.0693 e. The fourth-order valence-corrected chi connectivity index (χ4v) is 2.47. The van der Waals surface area contributed by atoms with Crippen LogP contribution in [-0.2, 0) is 6.54 Å². The molecule has 0 saturated carbocycles. The van der Waals surface area contributed by atoms with Gasteiger partial charge < -0.3 is 5.11 Å². The Labute approximate surface area is 105 Å². The number of pyridine rings is 1. The van der Waals surface area contributed by atoms with Crippen LogP contribution in [0.2, 0.25) is 0 Å². The average Bonchev–Trinajstić information content (AvgIpc) is 2.24. The van der Waals surface area contributed by atoms with E-state index in [-0.39, 0.29) is 6.10 Å². The van der Waals surface area contributed by atoms with Crippen LogP contribution in [0.25, 0.3) is 0 Å². The Morgan fingerprint density at radius 1 is 1.56 bits per heavy atom. The third kappa shape index (κ3) is 3.03. The summed E-state index contributed by atoms with van der Waals surface area (Å²) in [5, 5.41) is 9.81. The minimum absolute atomic E-state index is 0.186. The first-order valence-electron chi connectivity index (χ1n) is 5.65. The van der Waals surface area contributed by atoms with Gasteiger partial charge in [0.25, 0.3) is 0 Å². The van der Waals surface area contributed by atoms with Crippen molar-refractivity contribution >= 4 is 15.9 Å². The molecule has 1 aliphatic rings. The molecule has 0 aromatic carbocycles. The second-order valence-corrected chi connectivity index (χ2v) is 5.50. The van der Waals surface area contributed by atoms with Gasteiger partial charge in [0.05, 0.1) is 6.10 Å². The molecule has 0 radical (unpaired) electrons. The van der Waals surface area contributed by atoms with Crippen molar-refractivity contribution in [2.75, 3.05) is 13.1 Å². The maximum atomic E-state index is 9.81. The van der Waals surface area contributed by atoms with Crippen molar-refractivity contribution in [3.63, 3.8) is 0 Å². The van der Waals surface area contributed by atoms with E-state index in [1.807, 2.05) is 6.20 Å². The van der Waals surface area contributed by atoms with Gasteiger partial charge in [-0.2, -0.15) is 0 Å². The third-order valence-electron chi connectivity index (χ3n) is 3.17. The fraction of sp³-hybridized carbons (Fsp3) is 0.583.